The molecule has 0 amide bonds. The highest BCUT2D eigenvalue weighted by molar-refractivity contribution is 8.03. The molecule has 2 atom stereocenters. The van der Waals surface area contributed by atoms with Gasteiger partial charge in [0.15, 0.2) is 6.54 Å². The quantitative estimate of drug-likeness (QED) is 0.0329. The molecule has 0 bridgehead atoms. The van der Waals surface area contributed by atoms with Crippen molar-refractivity contribution in [3.05, 3.63) is 151 Å². The highest BCUT2D eigenvalue weighted by Crippen LogP contribution is 2.49. The number of hydrogen-bond acceptors (Lipinski definition) is 12. The standard InChI is InChI=1S/C44H42Cl3N3O6S4.C6H15N/c1-28-24-38-40(26-35(28)45)57-42(48(38)22-20-29(2)59-55-53-51)18-16-31-14-15-32(44(31)50(33-10-6-4-7-11-33)34-12-8-5-9-13-34)17-19-43-49(23-21-30(3)60-56-54-52)39-25-36(46)37(47)27-41(39)58-43;1-4-7(5-2)6-3/h4-13,16-19,24-27,29-30H,14-15,20-23H2,1-3H3,(H-,51,52);4-6H2,1-3H3. The molecule has 0 radical (unpaired) electrons. The first-order valence-electron chi connectivity index (χ1n) is 22.4. The molecule has 7 rings (SSSR count). The van der Waals surface area contributed by atoms with Gasteiger partial charge in [0.05, 0.1) is 46.1 Å². The molecule has 0 saturated heterocycles. The summed E-state index contributed by atoms with van der Waals surface area (Å²) in [7, 11) is 0. The van der Waals surface area contributed by atoms with E-state index in [-0.39, 0.29) is 10.5 Å². The van der Waals surface area contributed by atoms with E-state index in [0.29, 0.717) is 29.6 Å². The Bertz CT molecular complexity index is 2480. The third-order valence-corrected chi connectivity index (χ3v) is 16.4. The first kappa shape index (κ1) is 53.3. The number of halogens is 3. The topological polar surface area (TPSA) is 97.8 Å². The number of quaternary nitrogens is 1. The van der Waals surface area contributed by atoms with E-state index in [4.69, 9.17) is 34.8 Å². The molecule has 358 valence electrons. The predicted molar refractivity (Wildman–Crippen MR) is 278 cm³/mol. The maximum absolute atomic E-state index is 10.5. The van der Waals surface area contributed by atoms with Crippen molar-refractivity contribution in [2.24, 2.45) is 0 Å². The zero-order valence-corrected chi connectivity index (χ0v) is 44.0. The van der Waals surface area contributed by atoms with Gasteiger partial charge >= 0.3 is 0 Å². The van der Waals surface area contributed by atoms with Gasteiger partial charge in [-0.3, -0.25) is 10.1 Å². The SMILES string of the molecule is CC[NH+](CC)CC.Cc1cc2c(cc1Cl)S/C(=C\C=C1CCC(/C=C/c3sc4cc(Cl)c(Cl)cc4[n+]3CCC(C)SOO[O-])=C1N(c1ccccc1)c1ccccc1)N2CCC(C)SOO[O-]. The molecule has 10 nitrogen and oxygen atoms in total. The number of fused-ring (bicyclic) bond motifs is 2. The van der Waals surface area contributed by atoms with Gasteiger partial charge in [-0.1, -0.05) is 114 Å². The minimum absolute atomic E-state index is 0.00487. The van der Waals surface area contributed by atoms with Crippen molar-refractivity contribution < 1.29 is 38.7 Å². The van der Waals surface area contributed by atoms with Gasteiger partial charge in [0.25, 0.3) is 5.01 Å². The van der Waals surface area contributed by atoms with Gasteiger partial charge in [0, 0.05) is 81.0 Å². The van der Waals surface area contributed by atoms with Gasteiger partial charge in [-0.2, -0.15) is 13.2 Å². The zero-order chi connectivity index (χ0) is 47.9. The van der Waals surface area contributed by atoms with Crippen LogP contribution in [0.2, 0.25) is 15.1 Å². The molecule has 1 aromatic heterocycles. The third-order valence-electron chi connectivity index (χ3n) is 11.6. The largest absolute Gasteiger partial charge is 0.691 e. The van der Waals surface area contributed by atoms with Gasteiger partial charge in [-0.05, 0) is 118 Å². The Morgan fingerprint density at radius 3 is 2.00 bits per heavy atom. The first-order chi connectivity index (χ1) is 32.5. The summed E-state index contributed by atoms with van der Waals surface area (Å²) in [5, 5.41) is 32.1. The van der Waals surface area contributed by atoms with Crippen molar-refractivity contribution in [2.75, 3.05) is 36.0 Å². The van der Waals surface area contributed by atoms with Crippen molar-refractivity contribution in [2.45, 2.75) is 89.2 Å². The molecule has 2 unspecified atom stereocenters. The highest BCUT2D eigenvalue weighted by atomic mass is 35.5. The molecule has 0 saturated carbocycles. The fourth-order valence-corrected chi connectivity index (χ4v) is 11.5. The summed E-state index contributed by atoms with van der Waals surface area (Å²) in [6.07, 6.45) is 12.0. The number of anilines is 3. The third kappa shape index (κ3) is 14.3. The van der Waals surface area contributed by atoms with Crippen LogP contribution in [0.5, 0.6) is 0 Å². The molecule has 1 aliphatic heterocycles. The van der Waals surface area contributed by atoms with Gasteiger partial charge in [-0.25, -0.2) is 0 Å². The molecule has 5 aromatic rings. The Hall–Kier alpha value is -3.03. The van der Waals surface area contributed by atoms with E-state index >= 15 is 0 Å². The average molecular weight is 1040 g/mol. The molecule has 4 aromatic carbocycles. The maximum atomic E-state index is 10.5. The van der Waals surface area contributed by atoms with Gasteiger partial charge < -0.3 is 25.2 Å². The predicted octanol–water partition coefficient (Wildman–Crippen LogP) is 12.0. The number of benzene rings is 4. The number of aryl methyl sites for hydroxylation is 2. The lowest BCUT2D eigenvalue weighted by molar-refractivity contribution is -0.894. The molecule has 2 heterocycles. The number of nitrogens with zero attached hydrogens (tertiary/aromatic N) is 3. The Morgan fingerprint density at radius 1 is 0.791 bits per heavy atom. The number of thioether (sulfide) groups is 1. The number of rotatable bonds is 21. The monoisotopic (exact) mass is 1040 g/mol. The molecule has 0 fully saturated rings. The van der Waals surface area contributed by atoms with Crippen LogP contribution in [0.3, 0.4) is 0 Å². The molecule has 1 N–H and O–H groups in total. The molecule has 1 aliphatic carbocycles. The lowest BCUT2D eigenvalue weighted by Gasteiger charge is -2.28. The number of para-hydroxylation sites is 2. The van der Waals surface area contributed by atoms with Crippen LogP contribution in [-0.4, -0.2) is 36.7 Å². The fourth-order valence-electron chi connectivity index (χ4n) is 7.90. The van der Waals surface area contributed by atoms with Crippen LogP contribution in [0.25, 0.3) is 16.3 Å². The van der Waals surface area contributed by atoms with Crippen LogP contribution in [0.15, 0.2) is 130 Å². The second-order valence-electron chi connectivity index (χ2n) is 16.0. The summed E-state index contributed by atoms with van der Waals surface area (Å²) in [5.74, 6) is 0. The smallest absolute Gasteiger partial charge is 0.262 e. The van der Waals surface area contributed by atoms with Gasteiger partial charge in [0.2, 0.25) is 5.52 Å². The summed E-state index contributed by atoms with van der Waals surface area (Å²) in [4.78, 5) is 7.44. The van der Waals surface area contributed by atoms with Crippen molar-refractivity contribution in [3.63, 3.8) is 0 Å². The Labute approximate surface area is 426 Å². The van der Waals surface area contributed by atoms with Gasteiger partial charge in [0.1, 0.15) is 4.70 Å². The Morgan fingerprint density at radius 2 is 1.40 bits per heavy atom. The zero-order valence-electron chi connectivity index (χ0n) is 38.5. The Balaban J connectivity index is 0.000000980. The van der Waals surface area contributed by atoms with E-state index in [0.717, 1.165) is 102 Å². The number of aromatic nitrogens is 1. The molecule has 2 aliphatic rings. The fraction of sp³-hybridized carbons (Fsp3) is 0.340. The van der Waals surface area contributed by atoms with E-state index < -0.39 is 0 Å². The van der Waals surface area contributed by atoms with Crippen molar-refractivity contribution >= 4 is 115 Å². The summed E-state index contributed by atoms with van der Waals surface area (Å²) >= 11 is 25.1. The second-order valence-corrected chi connectivity index (χ2v) is 21.6. The summed E-state index contributed by atoms with van der Waals surface area (Å²) in [6, 6.07) is 28.9. The molecule has 67 heavy (non-hydrogen) atoms. The van der Waals surface area contributed by atoms with Crippen LogP contribution in [0.1, 0.15) is 70.9 Å². The van der Waals surface area contributed by atoms with E-state index in [2.05, 4.69) is 133 Å². The van der Waals surface area contributed by atoms with Crippen LogP contribution in [0.4, 0.5) is 17.1 Å². The number of hydrogen-bond donors (Lipinski definition) is 1. The lowest BCUT2D eigenvalue weighted by Crippen LogP contribution is -3.11. The number of thiazole rings is 1. The van der Waals surface area contributed by atoms with Crippen LogP contribution in [0, 0.1) is 6.92 Å². The van der Waals surface area contributed by atoms with Crippen molar-refractivity contribution in [3.8, 4) is 0 Å². The van der Waals surface area contributed by atoms with Gasteiger partial charge in [-0.15, -0.1) is 0 Å². The summed E-state index contributed by atoms with van der Waals surface area (Å²) in [5.41, 5.74) is 8.68. The second kappa shape index (κ2) is 26.8. The van der Waals surface area contributed by atoms with Crippen molar-refractivity contribution in [1.29, 1.82) is 0 Å². The van der Waals surface area contributed by atoms with E-state index in [1.165, 1.54) is 30.8 Å². The van der Waals surface area contributed by atoms with Crippen LogP contribution in [-0.2, 0) is 25.3 Å². The molecular formula is C50H57Cl3N4O6S4. The first-order valence-corrected chi connectivity index (χ1v) is 26.7. The van der Waals surface area contributed by atoms with E-state index in [1.54, 1.807) is 28.0 Å². The minimum Gasteiger partial charge on any atom is -0.691 e. The van der Waals surface area contributed by atoms with E-state index in [9.17, 15) is 10.5 Å². The summed E-state index contributed by atoms with van der Waals surface area (Å²) < 4.78 is 12.5. The highest BCUT2D eigenvalue weighted by Gasteiger charge is 2.30. The van der Waals surface area contributed by atoms with E-state index in [1.807, 2.05) is 51.1 Å². The lowest BCUT2D eigenvalue weighted by atomic mass is 10.1. The maximum Gasteiger partial charge on any atom is 0.262 e. The number of allylic oxidation sites excluding steroid dienone is 5. The Kier molecular flexibility index (Phi) is 21.3. The normalized spacial score (nSPS) is 15.9. The average Bonchev–Trinajstić information content (AvgIpc) is 4.00. The minimum atomic E-state index is -0.00487. The summed E-state index contributed by atoms with van der Waals surface area (Å²) in [6.45, 7) is 17.8. The molecule has 17 heteroatoms. The molecule has 0 spiro atoms. The number of nitrogens with one attached hydrogen (secondary N) is 1. The molecular weight excluding hydrogens is 987 g/mol. The van der Waals surface area contributed by atoms with Crippen LogP contribution < -0.4 is 29.8 Å². The van der Waals surface area contributed by atoms with Crippen LogP contribution >= 0.6 is 82.0 Å². The van der Waals surface area contributed by atoms with Crippen molar-refractivity contribution in [1.82, 2.24) is 0 Å².